The maximum atomic E-state index is 12.2. The molecular formula is C21H28N3O2+. The number of nitrogens with one attached hydrogen (secondary N) is 3. The molecule has 0 aliphatic rings. The number of hydrogen-bond acceptors (Lipinski definition) is 2. The van der Waals surface area contributed by atoms with Gasteiger partial charge in [0.05, 0.1) is 7.05 Å². The largest absolute Gasteiger partial charge is 0.347 e. The molecule has 138 valence electrons. The molecule has 0 aliphatic heterocycles. The molecular weight excluding hydrogens is 326 g/mol. The van der Waals surface area contributed by atoms with Crippen LogP contribution in [0.4, 0.5) is 5.69 Å². The van der Waals surface area contributed by atoms with Crippen molar-refractivity contribution in [2.75, 3.05) is 25.5 Å². The normalized spacial score (nSPS) is 12.3. The van der Waals surface area contributed by atoms with Crippen LogP contribution in [-0.2, 0) is 9.59 Å². The van der Waals surface area contributed by atoms with Crippen molar-refractivity contribution in [3.05, 3.63) is 54.6 Å². The molecule has 0 aliphatic carbocycles. The van der Waals surface area contributed by atoms with Gasteiger partial charge >= 0.3 is 0 Å². The van der Waals surface area contributed by atoms with E-state index in [2.05, 4.69) is 22.8 Å². The highest BCUT2D eigenvalue weighted by Crippen LogP contribution is 2.20. The van der Waals surface area contributed by atoms with E-state index in [4.69, 9.17) is 0 Å². The fourth-order valence-corrected chi connectivity index (χ4v) is 2.65. The Morgan fingerprint density at radius 3 is 1.96 bits per heavy atom. The van der Waals surface area contributed by atoms with Crippen LogP contribution in [-0.4, -0.2) is 37.5 Å². The average molecular weight is 354 g/mol. The van der Waals surface area contributed by atoms with Crippen LogP contribution in [0.1, 0.15) is 20.8 Å². The molecule has 0 saturated carbocycles. The molecule has 2 amide bonds. The summed E-state index contributed by atoms with van der Waals surface area (Å²) >= 11 is 0. The lowest BCUT2D eigenvalue weighted by molar-refractivity contribution is -0.862. The van der Waals surface area contributed by atoms with Crippen LogP contribution in [0.3, 0.4) is 0 Å². The highest BCUT2D eigenvalue weighted by molar-refractivity contribution is 5.91. The molecule has 0 aromatic heterocycles. The molecule has 1 atom stereocenters. The van der Waals surface area contributed by atoms with Crippen molar-refractivity contribution < 1.29 is 14.5 Å². The average Bonchev–Trinajstić information content (AvgIpc) is 2.54. The number of hydrogen-bond donors (Lipinski definition) is 3. The second-order valence-electron chi connectivity index (χ2n) is 7.60. The molecule has 0 fully saturated rings. The van der Waals surface area contributed by atoms with E-state index >= 15 is 0 Å². The van der Waals surface area contributed by atoms with Gasteiger partial charge in [0.2, 0.25) is 0 Å². The van der Waals surface area contributed by atoms with Gasteiger partial charge in [-0.15, -0.1) is 0 Å². The summed E-state index contributed by atoms with van der Waals surface area (Å²) < 4.78 is 0. The molecule has 0 bridgehead atoms. The summed E-state index contributed by atoms with van der Waals surface area (Å²) in [5.74, 6) is -0.173. The quantitative estimate of drug-likeness (QED) is 0.740. The molecule has 26 heavy (non-hydrogen) atoms. The zero-order chi connectivity index (χ0) is 19.2. The van der Waals surface area contributed by atoms with Crippen molar-refractivity contribution in [2.24, 2.45) is 0 Å². The van der Waals surface area contributed by atoms with Gasteiger partial charge in [-0.05, 0) is 44.0 Å². The lowest BCUT2D eigenvalue weighted by Gasteiger charge is -2.21. The summed E-state index contributed by atoms with van der Waals surface area (Å²) in [6.45, 7) is 6.31. The lowest BCUT2D eigenvalue weighted by Crippen LogP contribution is -3.11. The number of anilines is 1. The molecule has 0 spiro atoms. The third kappa shape index (κ3) is 6.69. The third-order valence-corrected chi connectivity index (χ3v) is 3.71. The Kier molecular flexibility index (Phi) is 6.52. The molecule has 0 radical (unpaired) electrons. The number of carbonyl (C=O) groups is 2. The summed E-state index contributed by atoms with van der Waals surface area (Å²) in [5, 5.41) is 5.78. The number of carbonyl (C=O) groups excluding carboxylic acids is 2. The van der Waals surface area contributed by atoms with Crippen LogP contribution in [0.2, 0.25) is 0 Å². The highest BCUT2D eigenvalue weighted by Gasteiger charge is 2.18. The van der Waals surface area contributed by atoms with Gasteiger partial charge in [-0.2, -0.15) is 0 Å². The topological polar surface area (TPSA) is 62.6 Å². The van der Waals surface area contributed by atoms with Gasteiger partial charge in [0, 0.05) is 11.2 Å². The third-order valence-electron chi connectivity index (χ3n) is 3.71. The van der Waals surface area contributed by atoms with Gasteiger partial charge in [-0.1, -0.05) is 42.5 Å². The van der Waals surface area contributed by atoms with Crippen molar-refractivity contribution >= 4 is 17.5 Å². The van der Waals surface area contributed by atoms with E-state index in [1.165, 1.54) is 0 Å². The first kappa shape index (κ1) is 19.7. The van der Waals surface area contributed by atoms with E-state index in [0.717, 1.165) is 21.7 Å². The van der Waals surface area contributed by atoms with Crippen LogP contribution in [0.25, 0.3) is 11.1 Å². The fraction of sp³-hybridized carbons (Fsp3) is 0.333. The predicted octanol–water partition coefficient (Wildman–Crippen LogP) is 1.72. The van der Waals surface area contributed by atoms with Gasteiger partial charge in [0.25, 0.3) is 11.8 Å². The minimum absolute atomic E-state index is 0.0602. The van der Waals surface area contributed by atoms with Crippen molar-refractivity contribution in [3.8, 4) is 11.1 Å². The van der Waals surface area contributed by atoms with Gasteiger partial charge in [-0.25, -0.2) is 0 Å². The molecule has 5 heteroatoms. The molecule has 2 aromatic carbocycles. The minimum Gasteiger partial charge on any atom is -0.347 e. The lowest BCUT2D eigenvalue weighted by atomic mass is 10.1. The summed E-state index contributed by atoms with van der Waals surface area (Å²) in [4.78, 5) is 24.9. The smallest absolute Gasteiger partial charge is 0.279 e. The Hall–Kier alpha value is -2.66. The standard InChI is InChI=1S/C21H27N3O2/c1-21(2,3)23-20(26)15-24(4)14-19(25)22-18-12-10-17(11-13-18)16-8-6-5-7-9-16/h5-13H,14-15H2,1-4H3,(H,22,25)(H,23,26)/p+1. The van der Waals surface area contributed by atoms with Crippen molar-refractivity contribution in [1.29, 1.82) is 0 Å². The highest BCUT2D eigenvalue weighted by atomic mass is 16.2. The SMILES string of the molecule is C[NH+](CC(=O)Nc1ccc(-c2ccccc2)cc1)CC(=O)NC(C)(C)C. The Morgan fingerprint density at radius 2 is 1.38 bits per heavy atom. The van der Waals surface area contributed by atoms with Crippen molar-refractivity contribution in [2.45, 2.75) is 26.3 Å². The first-order chi connectivity index (χ1) is 12.2. The number of rotatable bonds is 6. The van der Waals surface area contributed by atoms with E-state index in [1.807, 2.05) is 70.3 Å². The fourth-order valence-electron chi connectivity index (χ4n) is 2.65. The number of quaternary nitrogens is 1. The van der Waals surface area contributed by atoms with Gasteiger partial charge in [0.15, 0.2) is 13.1 Å². The molecule has 3 N–H and O–H groups in total. The van der Waals surface area contributed by atoms with Crippen LogP contribution in [0, 0.1) is 0 Å². The Balaban J connectivity index is 1.85. The molecule has 2 aromatic rings. The molecule has 1 unspecified atom stereocenters. The summed E-state index contributed by atoms with van der Waals surface area (Å²) in [6.07, 6.45) is 0. The van der Waals surface area contributed by atoms with E-state index in [1.54, 1.807) is 0 Å². The van der Waals surface area contributed by atoms with E-state index < -0.39 is 0 Å². The summed E-state index contributed by atoms with van der Waals surface area (Å²) in [6, 6.07) is 17.8. The monoisotopic (exact) mass is 354 g/mol. The predicted molar refractivity (Wildman–Crippen MR) is 105 cm³/mol. The zero-order valence-electron chi connectivity index (χ0n) is 15.9. The van der Waals surface area contributed by atoms with E-state index in [0.29, 0.717) is 0 Å². The Morgan fingerprint density at radius 1 is 0.846 bits per heavy atom. The maximum Gasteiger partial charge on any atom is 0.279 e. The Bertz CT molecular complexity index is 734. The number of amides is 2. The van der Waals surface area contributed by atoms with Crippen molar-refractivity contribution in [3.63, 3.8) is 0 Å². The molecule has 2 rings (SSSR count). The van der Waals surface area contributed by atoms with Crippen LogP contribution in [0.15, 0.2) is 54.6 Å². The molecule has 5 nitrogen and oxygen atoms in total. The van der Waals surface area contributed by atoms with Crippen LogP contribution in [0.5, 0.6) is 0 Å². The number of likely N-dealkylation sites (N-methyl/N-ethyl adjacent to an activating group) is 1. The zero-order valence-corrected chi connectivity index (χ0v) is 15.9. The molecule has 0 saturated heterocycles. The van der Waals surface area contributed by atoms with Gasteiger partial charge in [-0.3, -0.25) is 9.59 Å². The first-order valence-electron chi connectivity index (χ1n) is 8.80. The first-order valence-corrected chi connectivity index (χ1v) is 8.80. The van der Waals surface area contributed by atoms with E-state index in [9.17, 15) is 9.59 Å². The molecule has 0 heterocycles. The second kappa shape index (κ2) is 8.63. The summed E-state index contributed by atoms with van der Waals surface area (Å²) in [5.41, 5.74) is 2.73. The Labute approximate surface area is 155 Å². The number of benzene rings is 2. The van der Waals surface area contributed by atoms with E-state index in [-0.39, 0.29) is 30.4 Å². The van der Waals surface area contributed by atoms with Gasteiger partial charge in [0.1, 0.15) is 0 Å². The van der Waals surface area contributed by atoms with Crippen LogP contribution < -0.4 is 15.5 Å². The minimum atomic E-state index is -0.264. The second-order valence-corrected chi connectivity index (χ2v) is 7.60. The summed E-state index contributed by atoms with van der Waals surface area (Å²) in [7, 11) is 1.83. The van der Waals surface area contributed by atoms with Gasteiger partial charge < -0.3 is 15.5 Å². The maximum absolute atomic E-state index is 12.2. The van der Waals surface area contributed by atoms with Crippen LogP contribution >= 0.6 is 0 Å². The van der Waals surface area contributed by atoms with Crippen molar-refractivity contribution in [1.82, 2.24) is 5.32 Å².